The minimum Gasteiger partial charge on any atom is -0.481 e. The summed E-state index contributed by atoms with van der Waals surface area (Å²) < 4.78 is 0. The van der Waals surface area contributed by atoms with E-state index in [9.17, 15) is 19.2 Å². The Morgan fingerprint density at radius 3 is 2.52 bits per heavy atom. The Morgan fingerprint density at radius 1 is 1.10 bits per heavy atom. The second-order valence-corrected chi connectivity index (χ2v) is 6.81. The third-order valence-electron chi connectivity index (χ3n) is 4.45. The zero-order valence-corrected chi connectivity index (χ0v) is 15.9. The van der Waals surface area contributed by atoms with Crippen LogP contribution < -0.4 is 16.6 Å². The first-order valence-corrected chi connectivity index (χ1v) is 9.37. The van der Waals surface area contributed by atoms with Gasteiger partial charge in [-0.2, -0.15) is 4.98 Å². The number of H-pyrrole nitrogens is 2. The first-order valence-electron chi connectivity index (χ1n) is 9.37. The molecule has 0 aliphatic rings. The molecule has 29 heavy (non-hydrogen) atoms. The number of carbonyl (C=O) groups excluding carboxylic acids is 1. The van der Waals surface area contributed by atoms with Crippen molar-refractivity contribution < 1.29 is 24.6 Å². The molecule has 0 unspecified atom stereocenters. The largest absolute Gasteiger partial charge is 0.481 e. The number of rotatable bonds is 12. The molecule has 1 amide bonds. The maximum Gasteiger partial charge on any atom is 0.326 e. The van der Waals surface area contributed by atoms with Crippen LogP contribution in [-0.4, -0.2) is 49.1 Å². The Balaban J connectivity index is 1.67. The number of nitrogens with one attached hydrogen (secondary N) is 3. The summed E-state index contributed by atoms with van der Waals surface area (Å²) in [5, 5.41) is 20.5. The van der Waals surface area contributed by atoms with Crippen LogP contribution in [0, 0.1) is 0 Å². The molecule has 11 nitrogen and oxygen atoms in total. The number of anilines is 1. The molecule has 158 valence electrons. The van der Waals surface area contributed by atoms with Crippen molar-refractivity contribution in [3.8, 4) is 0 Å². The number of carboxylic acids is 2. The Hall–Kier alpha value is -3.37. The van der Waals surface area contributed by atoms with Crippen molar-refractivity contribution in [2.24, 2.45) is 0 Å². The summed E-state index contributed by atoms with van der Waals surface area (Å²) in [6.07, 6.45) is 3.52. The highest BCUT2D eigenvalue weighted by Gasteiger charge is 2.20. The van der Waals surface area contributed by atoms with Gasteiger partial charge in [0.05, 0.1) is 5.39 Å². The van der Waals surface area contributed by atoms with E-state index in [1.54, 1.807) is 6.07 Å². The summed E-state index contributed by atoms with van der Waals surface area (Å²) in [7, 11) is 0. The topological polar surface area (TPSA) is 191 Å². The molecule has 0 aromatic carbocycles. The van der Waals surface area contributed by atoms with Crippen molar-refractivity contribution in [1.82, 2.24) is 20.3 Å². The van der Waals surface area contributed by atoms with Gasteiger partial charge in [0.2, 0.25) is 11.9 Å². The lowest BCUT2D eigenvalue weighted by molar-refractivity contribution is -0.143. The van der Waals surface area contributed by atoms with Gasteiger partial charge in [-0.05, 0) is 31.7 Å². The Bertz CT molecular complexity index is 934. The van der Waals surface area contributed by atoms with E-state index < -0.39 is 23.9 Å². The lowest BCUT2D eigenvalue weighted by Gasteiger charge is -2.13. The smallest absolute Gasteiger partial charge is 0.326 e. The van der Waals surface area contributed by atoms with Gasteiger partial charge in [-0.25, -0.2) is 4.79 Å². The zero-order valence-electron chi connectivity index (χ0n) is 15.9. The molecule has 2 aromatic rings. The van der Waals surface area contributed by atoms with Crippen LogP contribution in [-0.2, 0) is 20.8 Å². The maximum absolute atomic E-state index is 11.8. The normalized spacial score (nSPS) is 12.0. The van der Waals surface area contributed by atoms with Crippen LogP contribution in [0.3, 0.4) is 0 Å². The van der Waals surface area contributed by atoms with E-state index in [0.29, 0.717) is 17.5 Å². The van der Waals surface area contributed by atoms with Gasteiger partial charge in [0, 0.05) is 18.5 Å². The van der Waals surface area contributed by atoms with Gasteiger partial charge in [0.1, 0.15) is 11.7 Å². The first kappa shape index (κ1) is 21.9. The molecule has 1 atom stereocenters. The Labute approximate surface area is 165 Å². The molecule has 0 aliphatic carbocycles. The summed E-state index contributed by atoms with van der Waals surface area (Å²) >= 11 is 0. The maximum atomic E-state index is 11.8. The second-order valence-electron chi connectivity index (χ2n) is 6.81. The van der Waals surface area contributed by atoms with E-state index >= 15 is 0 Å². The molecule has 0 spiro atoms. The minimum absolute atomic E-state index is 0.0577. The zero-order chi connectivity index (χ0) is 21.4. The van der Waals surface area contributed by atoms with Gasteiger partial charge >= 0.3 is 11.9 Å². The summed E-state index contributed by atoms with van der Waals surface area (Å²) in [6.45, 7) is 0. The fourth-order valence-electron chi connectivity index (χ4n) is 2.97. The van der Waals surface area contributed by atoms with Gasteiger partial charge in [-0.15, -0.1) is 0 Å². The number of amides is 1. The molecule has 2 aromatic heterocycles. The second kappa shape index (κ2) is 10.2. The molecule has 0 aliphatic heterocycles. The number of aliphatic carboxylic acids is 2. The molecular weight excluding hydrogens is 382 g/mol. The van der Waals surface area contributed by atoms with E-state index in [-0.39, 0.29) is 30.8 Å². The van der Waals surface area contributed by atoms with Gasteiger partial charge in [0.25, 0.3) is 5.56 Å². The molecule has 2 heterocycles. The number of unbranched alkanes of at least 4 members (excludes halogenated alkanes) is 3. The molecule has 0 saturated heterocycles. The fourth-order valence-corrected chi connectivity index (χ4v) is 2.97. The predicted octanol–water partition coefficient (Wildman–Crippen LogP) is 0.761. The molecule has 2 rings (SSSR count). The SMILES string of the molecule is Nc1nc2[nH]c(CCCCCCC(=O)N[C@@H](CCC(=O)O)C(=O)O)cc2c(=O)[nH]1. The van der Waals surface area contributed by atoms with E-state index in [2.05, 4.69) is 20.3 Å². The van der Waals surface area contributed by atoms with Crippen molar-refractivity contribution >= 4 is 34.8 Å². The van der Waals surface area contributed by atoms with Crippen molar-refractivity contribution in [3.05, 3.63) is 22.1 Å². The molecular formula is C18H25N5O6. The highest BCUT2D eigenvalue weighted by molar-refractivity contribution is 5.83. The summed E-state index contributed by atoms with van der Waals surface area (Å²) in [5.74, 6) is -2.69. The number of nitrogens with zero attached hydrogens (tertiary/aromatic N) is 1. The van der Waals surface area contributed by atoms with Gasteiger partial charge in [0.15, 0.2) is 0 Å². The highest BCUT2D eigenvalue weighted by Crippen LogP contribution is 2.13. The van der Waals surface area contributed by atoms with Crippen molar-refractivity contribution in [1.29, 1.82) is 0 Å². The monoisotopic (exact) mass is 407 g/mol. The summed E-state index contributed by atoms with van der Waals surface area (Å²) in [4.78, 5) is 54.8. The number of hydrogen-bond acceptors (Lipinski definition) is 6. The number of carbonyl (C=O) groups is 3. The van der Waals surface area contributed by atoms with Crippen LogP contribution in [0.4, 0.5) is 5.95 Å². The first-order chi connectivity index (χ1) is 13.8. The third-order valence-corrected chi connectivity index (χ3v) is 4.45. The van der Waals surface area contributed by atoms with Gasteiger partial charge < -0.3 is 26.2 Å². The van der Waals surface area contributed by atoms with E-state index in [1.807, 2.05) is 0 Å². The number of hydrogen-bond donors (Lipinski definition) is 6. The minimum atomic E-state index is -1.24. The molecule has 0 saturated carbocycles. The standard InChI is InChI=1S/C18H25N5O6/c19-18-22-15-11(16(27)23-18)9-10(20-15)5-3-1-2-4-6-13(24)21-12(17(28)29)7-8-14(25)26/h9,12H,1-8H2,(H,21,24)(H,25,26)(H,28,29)(H4,19,20,22,23,27)/t12-/m0/s1. The predicted molar refractivity (Wildman–Crippen MR) is 104 cm³/mol. The van der Waals surface area contributed by atoms with Crippen molar-refractivity contribution in [2.45, 2.75) is 57.4 Å². The molecule has 7 N–H and O–H groups in total. The van der Waals surface area contributed by atoms with E-state index in [1.165, 1.54) is 0 Å². The Kier molecular flexibility index (Phi) is 7.75. The Morgan fingerprint density at radius 2 is 1.83 bits per heavy atom. The van der Waals surface area contributed by atoms with Gasteiger partial charge in [-0.1, -0.05) is 12.8 Å². The van der Waals surface area contributed by atoms with Crippen LogP contribution >= 0.6 is 0 Å². The average molecular weight is 407 g/mol. The van der Waals surface area contributed by atoms with Gasteiger partial charge in [-0.3, -0.25) is 19.4 Å². The number of aromatic amines is 2. The van der Waals surface area contributed by atoms with E-state index in [0.717, 1.165) is 31.4 Å². The number of aryl methyl sites for hydroxylation is 1. The number of carboxylic acid groups (broad SMARTS) is 2. The highest BCUT2D eigenvalue weighted by atomic mass is 16.4. The number of nitrogens with two attached hydrogens (primary N) is 1. The fraction of sp³-hybridized carbons (Fsp3) is 0.500. The number of nitrogen functional groups attached to an aromatic ring is 1. The van der Waals surface area contributed by atoms with Crippen LogP contribution in [0.15, 0.2) is 10.9 Å². The van der Waals surface area contributed by atoms with E-state index in [4.69, 9.17) is 15.9 Å². The molecule has 11 heteroatoms. The quantitative estimate of drug-likeness (QED) is 0.278. The summed E-state index contributed by atoms with van der Waals surface area (Å²) in [6, 6.07) is 0.559. The van der Waals surface area contributed by atoms with Crippen molar-refractivity contribution in [3.63, 3.8) is 0 Å². The van der Waals surface area contributed by atoms with Crippen LogP contribution in [0.5, 0.6) is 0 Å². The lowest BCUT2D eigenvalue weighted by atomic mass is 10.1. The number of aromatic nitrogens is 3. The molecule has 0 bridgehead atoms. The van der Waals surface area contributed by atoms with Crippen molar-refractivity contribution in [2.75, 3.05) is 5.73 Å². The summed E-state index contributed by atoms with van der Waals surface area (Å²) in [5.41, 5.74) is 6.56. The lowest BCUT2D eigenvalue weighted by Crippen LogP contribution is -2.41. The molecule has 0 radical (unpaired) electrons. The van der Waals surface area contributed by atoms with Crippen LogP contribution in [0.1, 0.15) is 50.6 Å². The third kappa shape index (κ3) is 6.94. The van der Waals surface area contributed by atoms with Crippen LogP contribution in [0.2, 0.25) is 0 Å². The average Bonchev–Trinajstić information content (AvgIpc) is 3.04. The van der Waals surface area contributed by atoms with Crippen LogP contribution in [0.25, 0.3) is 11.0 Å². The molecule has 0 fully saturated rings. The number of fused-ring (bicyclic) bond motifs is 1.